The van der Waals surface area contributed by atoms with E-state index in [1.54, 1.807) is 13.0 Å². The molecule has 0 amide bonds. The summed E-state index contributed by atoms with van der Waals surface area (Å²) in [4.78, 5) is 0. The van der Waals surface area contributed by atoms with Crippen molar-refractivity contribution in [3.63, 3.8) is 0 Å². The van der Waals surface area contributed by atoms with Crippen LogP contribution in [0.15, 0.2) is 18.2 Å². The molecule has 0 aliphatic carbocycles. The Morgan fingerprint density at radius 1 is 1.56 bits per heavy atom. The summed E-state index contributed by atoms with van der Waals surface area (Å²) in [5.74, 6) is -0.298. The van der Waals surface area contributed by atoms with Gasteiger partial charge in [-0.25, -0.2) is 4.39 Å². The van der Waals surface area contributed by atoms with Gasteiger partial charge in [0.2, 0.25) is 0 Å². The monoisotopic (exact) mass is 222 g/mol. The lowest BCUT2D eigenvalue weighted by molar-refractivity contribution is 0.285. The Morgan fingerprint density at radius 3 is 2.88 bits per heavy atom. The Balaban J connectivity index is 2.76. The quantitative estimate of drug-likeness (QED) is 0.745. The lowest BCUT2D eigenvalue weighted by Gasteiger charge is -2.13. The van der Waals surface area contributed by atoms with Gasteiger partial charge in [-0.2, -0.15) is 5.26 Å². The molecule has 16 heavy (non-hydrogen) atoms. The summed E-state index contributed by atoms with van der Waals surface area (Å²) < 4.78 is 12.9. The average molecular weight is 222 g/mol. The van der Waals surface area contributed by atoms with Gasteiger partial charge in [0.15, 0.2) is 0 Å². The minimum atomic E-state index is -0.452. The Kier molecular flexibility index (Phi) is 4.90. The van der Waals surface area contributed by atoms with E-state index in [1.807, 2.05) is 0 Å². The van der Waals surface area contributed by atoms with Crippen LogP contribution in [0.5, 0.6) is 0 Å². The van der Waals surface area contributed by atoms with E-state index >= 15 is 0 Å². The number of aliphatic hydroxyl groups excluding tert-OH is 1. The summed E-state index contributed by atoms with van der Waals surface area (Å²) in [6, 6.07) is 6.04. The van der Waals surface area contributed by atoms with E-state index in [0.717, 1.165) is 11.1 Å². The second kappa shape index (κ2) is 6.21. The number of benzene rings is 1. The highest BCUT2D eigenvalue weighted by molar-refractivity contribution is 5.32. The summed E-state index contributed by atoms with van der Waals surface area (Å²) >= 11 is 0. The first-order chi connectivity index (χ1) is 7.69. The fourth-order valence-corrected chi connectivity index (χ4v) is 1.51. The molecule has 3 nitrogen and oxygen atoms in total. The average Bonchev–Trinajstić information content (AvgIpc) is 2.26. The van der Waals surface area contributed by atoms with Gasteiger partial charge < -0.3 is 5.11 Å². The molecule has 0 bridgehead atoms. The molecule has 0 aliphatic rings. The van der Waals surface area contributed by atoms with Crippen LogP contribution in [-0.2, 0) is 0 Å². The lowest BCUT2D eigenvalue weighted by Crippen LogP contribution is -2.22. The molecule has 0 saturated heterocycles. The first-order valence-electron chi connectivity index (χ1n) is 5.19. The first kappa shape index (κ1) is 12.6. The zero-order valence-electron chi connectivity index (χ0n) is 9.20. The van der Waals surface area contributed by atoms with Gasteiger partial charge in [-0.3, -0.25) is 5.32 Å². The minimum Gasteiger partial charge on any atom is -0.396 e. The van der Waals surface area contributed by atoms with Gasteiger partial charge in [-0.1, -0.05) is 6.07 Å². The van der Waals surface area contributed by atoms with Crippen LogP contribution in [-0.4, -0.2) is 18.3 Å². The molecule has 0 radical (unpaired) electrons. The Bertz CT molecular complexity index is 387. The highest BCUT2D eigenvalue weighted by Crippen LogP contribution is 2.18. The number of nitrogens with one attached hydrogen (secondary N) is 1. The number of halogens is 1. The van der Waals surface area contributed by atoms with Gasteiger partial charge in [-0.05, 0) is 43.1 Å². The number of rotatable bonds is 5. The van der Waals surface area contributed by atoms with Crippen molar-refractivity contribution in [3.8, 4) is 6.07 Å². The van der Waals surface area contributed by atoms with Crippen LogP contribution in [0.1, 0.15) is 23.6 Å². The number of aliphatic hydroxyl groups is 1. The highest BCUT2D eigenvalue weighted by atomic mass is 19.1. The molecule has 1 atom stereocenters. The molecule has 2 N–H and O–H groups in total. The van der Waals surface area contributed by atoms with Gasteiger partial charge in [0.05, 0.1) is 6.07 Å². The smallest absolute Gasteiger partial charge is 0.123 e. The fraction of sp³-hybridized carbons (Fsp3) is 0.417. The van der Waals surface area contributed by atoms with Crippen molar-refractivity contribution in [3.05, 3.63) is 35.1 Å². The van der Waals surface area contributed by atoms with Gasteiger partial charge in [0.25, 0.3) is 0 Å². The van der Waals surface area contributed by atoms with Crippen molar-refractivity contribution in [1.29, 1.82) is 5.26 Å². The summed E-state index contributed by atoms with van der Waals surface area (Å²) in [7, 11) is 0. The van der Waals surface area contributed by atoms with Crippen molar-refractivity contribution in [2.75, 3.05) is 13.2 Å². The van der Waals surface area contributed by atoms with Gasteiger partial charge in [0, 0.05) is 6.61 Å². The number of nitriles is 1. The second-order valence-corrected chi connectivity index (χ2v) is 3.59. The van der Waals surface area contributed by atoms with Gasteiger partial charge in [0.1, 0.15) is 11.9 Å². The van der Waals surface area contributed by atoms with Crippen molar-refractivity contribution in [1.82, 2.24) is 5.32 Å². The number of hydrogen-bond acceptors (Lipinski definition) is 3. The standard InChI is InChI=1S/C12H15FN2O/c1-9-7-10(13)3-4-11(9)12(8-14)15-5-2-6-16/h3-4,7,12,15-16H,2,5-6H2,1H3. The summed E-state index contributed by atoms with van der Waals surface area (Å²) in [5, 5.41) is 20.6. The maximum Gasteiger partial charge on any atom is 0.123 e. The minimum absolute atomic E-state index is 0.0908. The van der Waals surface area contributed by atoms with E-state index in [4.69, 9.17) is 10.4 Å². The molecule has 86 valence electrons. The van der Waals surface area contributed by atoms with Crippen LogP contribution >= 0.6 is 0 Å². The van der Waals surface area contributed by atoms with Gasteiger partial charge in [-0.15, -0.1) is 0 Å². The molecule has 1 aromatic carbocycles. The number of hydrogen-bond donors (Lipinski definition) is 2. The predicted molar refractivity (Wildman–Crippen MR) is 59.2 cm³/mol. The molecule has 1 aromatic rings. The van der Waals surface area contributed by atoms with E-state index in [-0.39, 0.29) is 12.4 Å². The summed E-state index contributed by atoms with van der Waals surface area (Å²) in [6.07, 6.45) is 0.596. The largest absolute Gasteiger partial charge is 0.396 e. The third-order valence-corrected chi connectivity index (χ3v) is 2.36. The molecule has 0 aromatic heterocycles. The van der Waals surface area contributed by atoms with E-state index in [2.05, 4.69) is 11.4 Å². The van der Waals surface area contributed by atoms with Crippen molar-refractivity contribution in [2.24, 2.45) is 0 Å². The molecular formula is C12H15FN2O. The lowest BCUT2D eigenvalue weighted by atomic mass is 10.0. The summed E-state index contributed by atoms with van der Waals surface area (Å²) in [6.45, 7) is 2.43. The molecule has 0 spiro atoms. The zero-order chi connectivity index (χ0) is 12.0. The zero-order valence-corrected chi connectivity index (χ0v) is 9.20. The fourth-order valence-electron chi connectivity index (χ4n) is 1.51. The highest BCUT2D eigenvalue weighted by Gasteiger charge is 2.12. The Hall–Kier alpha value is -1.44. The van der Waals surface area contributed by atoms with E-state index in [0.29, 0.717) is 13.0 Å². The van der Waals surface area contributed by atoms with Crippen molar-refractivity contribution in [2.45, 2.75) is 19.4 Å². The number of aryl methyl sites for hydroxylation is 1. The predicted octanol–water partition coefficient (Wildman–Crippen LogP) is 1.67. The molecular weight excluding hydrogens is 207 g/mol. The Labute approximate surface area is 94.5 Å². The maximum atomic E-state index is 12.9. The molecule has 0 fully saturated rings. The maximum absolute atomic E-state index is 12.9. The third-order valence-electron chi connectivity index (χ3n) is 2.36. The van der Waals surface area contributed by atoms with Crippen molar-refractivity contribution >= 4 is 0 Å². The second-order valence-electron chi connectivity index (χ2n) is 3.59. The molecule has 1 rings (SSSR count). The van der Waals surface area contributed by atoms with E-state index in [9.17, 15) is 4.39 Å². The normalized spacial score (nSPS) is 12.1. The van der Waals surface area contributed by atoms with Crippen LogP contribution in [0.25, 0.3) is 0 Å². The van der Waals surface area contributed by atoms with Crippen LogP contribution in [0.3, 0.4) is 0 Å². The Morgan fingerprint density at radius 2 is 2.31 bits per heavy atom. The van der Waals surface area contributed by atoms with Crippen LogP contribution in [0, 0.1) is 24.1 Å². The molecule has 1 unspecified atom stereocenters. The molecule has 0 aliphatic heterocycles. The molecule has 4 heteroatoms. The number of nitrogens with zero attached hydrogens (tertiary/aromatic N) is 1. The topological polar surface area (TPSA) is 56.0 Å². The molecule has 0 saturated carbocycles. The molecule has 0 heterocycles. The summed E-state index contributed by atoms with van der Waals surface area (Å²) in [5.41, 5.74) is 1.53. The SMILES string of the molecule is Cc1cc(F)ccc1C(C#N)NCCCO. The van der Waals surface area contributed by atoms with Gasteiger partial charge >= 0.3 is 0 Å². The first-order valence-corrected chi connectivity index (χ1v) is 5.19. The third kappa shape index (κ3) is 3.30. The van der Waals surface area contributed by atoms with Crippen LogP contribution < -0.4 is 5.32 Å². The van der Waals surface area contributed by atoms with Crippen molar-refractivity contribution < 1.29 is 9.50 Å². The van der Waals surface area contributed by atoms with E-state index in [1.165, 1.54) is 12.1 Å². The van der Waals surface area contributed by atoms with E-state index < -0.39 is 6.04 Å². The van der Waals surface area contributed by atoms with Crippen LogP contribution in [0.4, 0.5) is 4.39 Å². The van der Waals surface area contributed by atoms with Crippen LogP contribution in [0.2, 0.25) is 0 Å².